The number of carbonyl (C=O) groups excluding carboxylic acids is 2. The Balaban J connectivity index is 1.95. The lowest BCUT2D eigenvalue weighted by Crippen LogP contribution is -2.37. The highest BCUT2D eigenvalue weighted by Crippen LogP contribution is 2.17. The van der Waals surface area contributed by atoms with Crippen LogP contribution >= 0.6 is 0 Å². The highest BCUT2D eigenvalue weighted by atomic mass is 32.2. The number of benzene rings is 2. The first-order valence-corrected chi connectivity index (χ1v) is 10.4. The zero-order chi connectivity index (χ0) is 20.0. The number of hydrogen-bond donors (Lipinski definition) is 1. The predicted octanol–water partition coefficient (Wildman–Crippen LogP) is 2.30. The predicted molar refractivity (Wildman–Crippen MR) is 102 cm³/mol. The minimum atomic E-state index is -3.45. The monoisotopic (exact) mass is 389 g/mol. The fourth-order valence-corrected chi connectivity index (χ4v) is 3.09. The standard InChI is InChI=1S/C20H23NO5S/c1-14-9-10-17(27(3,24)25)13-18(14)20(23)26-15(2)19(22)21-12-11-16-7-5-4-6-8-16/h4-10,13,15H,11-12H2,1-3H3,(H,21,22)/t15-/m1/s1. The van der Waals surface area contributed by atoms with Crippen LogP contribution in [0.1, 0.15) is 28.4 Å². The van der Waals surface area contributed by atoms with Crippen LogP contribution in [0.15, 0.2) is 53.4 Å². The molecule has 144 valence electrons. The molecule has 2 rings (SSSR count). The highest BCUT2D eigenvalue weighted by molar-refractivity contribution is 7.90. The molecule has 0 radical (unpaired) electrons. The Morgan fingerprint density at radius 3 is 2.41 bits per heavy atom. The van der Waals surface area contributed by atoms with Crippen LogP contribution in [0.25, 0.3) is 0 Å². The topological polar surface area (TPSA) is 89.5 Å². The quantitative estimate of drug-likeness (QED) is 0.734. The third-order valence-corrected chi connectivity index (χ3v) is 5.18. The second kappa shape index (κ2) is 8.81. The van der Waals surface area contributed by atoms with E-state index in [1.807, 2.05) is 30.3 Å². The van der Waals surface area contributed by atoms with E-state index in [9.17, 15) is 18.0 Å². The molecule has 0 unspecified atom stereocenters. The zero-order valence-electron chi connectivity index (χ0n) is 15.6. The van der Waals surface area contributed by atoms with Crippen LogP contribution in [0.5, 0.6) is 0 Å². The average molecular weight is 389 g/mol. The normalized spacial score (nSPS) is 12.3. The van der Waals surface area contributed by atoms with Crippen molar-refractivity contribution in [2.45, 2.75) is 31.3 Å². The number of rotatable bonds is 7. The van der Waals surface area contributed by atoms with Crippen molar-refractivity contribution in [1.82, 2.24) is 5.32 Å². The molecule has 0 saturated heterocycles. The SMILES string of the molecule is Cc1ccc(S(C)(=O)=O)cc1C(=O)O[C@H](C)C(=O)NCCc1ccccc1. The summed E-state index contributed by atoms with van der Waals surface area (Å²) in [6, 6.07) is 13.9. The van der Waals surface area contributed by atoms with E-state index in [2.05, 4.69) is 5.32 Å². The van der Waals surface area contributed by atoms with Crippen LogP contribution in [0.4, 0.5) is 0 Å². The summed E-state index contributed by atoms with van der Waals surface area (Å²) in [5, 5.41) is 2.73. The van der Waals surface area contributed by atoms with E-state index in [-0.39, 0.29) is 10.5 Å². The average Bonchev–Trinajstić information content (AvgIpc) is 2.61. The Hall–Kier alpha value is -2.67. The van der Waals surface area contributed by atoms with Crippen molar-refractivity contribution in [3.63, 3.8) is 0 Å². The molecule has 0 aliphatic rings. The van der Waals surface area contributed by atoms with Gasteiger partial charge in [-0.3, -0.25) is 4.79 Å². The summed E-state index contributed by atoms with van der Waals surface area (Å²) in [6.45, 7) is 3.58. The molecule has 7 heteroatoms. The van der Waals surface area contributed by atoms with Gasteiger partial charge in [0.05, 0.1) is 10.5 Å². The van der Waals surface area contributed by atoms with Crippen LogP contribution in [0.3, 0.4) is 0 Å². The Bertz CT molecular complexity index is 923. The maximum absolute atomic E-state index is 12.4. The number of ether oxygens (including phenoxy) is 1. The second-order valence-corrected chi connectivity index (χ2v) is 8.34. The minimum absolute atomic E-state index is 0.0278. The zero-order valence-corrected chi connectivity index (χ0v) is 16.4. The molecule has 6 nitrogen and oxygen atoms in total. The molecule has 0 spiro atoms. The number of sulfone groups is 1. The lowest BCUT2D eigenvalue weighted by atomic mass is 10.1. The second-order valence-electron chi connectivity index (χ2n) is 6.32. The Morgan fingerprint density at radius 2 is 1.78 bits per heavy atom. The molecule has 2 aromatic rings. The van der Waals surface area contributed by atoms with Gasteiger partial charge in [0.1, 0.15) is 0 Å². The van der Waals surface area contributed by atoms with Crippen molar-refractivity contribution >= 4 is 21.7 Å². The largest absolute Gasteiger partial charge is 0.449 e. The maximum Gasteiger partial charge on any atom is 0.339 e. The summed E-state index contributed by atoms with van der Waals surface area (Å²) < 4.78 is 28.5. The molecule has 0 aliphatic carbocycles. The van der Waals surface area contributed by atoms with Crippen LogP contribution in [0, 0.1) is 6.92 Å². The molecular formula is C20H23NO5S. The summed E-state index contributed by atoms with van der Waals surface area (Å²) in [4.78, 5) is 24.5. The summed E-state index contributed by atoms with van der Waals surface area (Å²) in [7, 11) is -3.45. The lowest BCUT2D eigenvalue weighted by Gasteiger charge is -2.15. The fourth-order valence-electron chi connectivity index (χ4n) is 2.45. The van der Waals surface area contributed by atoms with Crippen molar-refractivity contribution in [1.29, 1.82) is 0 Å². The van der Waals surface area contributed by atoms with E-state index in [0.717, 1.165) is 11.8 Å². The highest BCUT2D eigenvalue weighted by Gasteiger charge is 2.21. The molecular weight excluding hydrogens is 366 g/mol. The molecule has 1 N–H and O–H groups in total. The van der Waals surface area contributed by atoms with Gasteiger partial charge in [0, 0.05) is 12.8 Å². The Kier molecular flexibility index (Phi) is 6.74. The third kappa shape index (κ3) is 5.92. The van der Waals surface area contributed by atoms with E-state index in [4.69, 9.17) is 4.74 Å². The van der Waals surface area contributed by atoms with Crippen LogP contribution < -0.4 is 5.32 Å². The maximum atomic E-state index is 12.4. The smallest absolute Gasteiger partial charge is 0.339 e. The first kappa shape index (κ1) is 20.6. The molecule has 0 fully saturated rings. The van der Waals surface area contributed by atoms with Gasteiger partial charge < -0.3 is 10.1 Å². The van der Waals surface area contributed by atoms with Crippen LogP contribution in [-0.4, -0.2) is 39.2 Å². The van der Waals surface area contributed by atoms with E-state index < -0.39 is 27.8 Å². The number of nitrogens with one attached hydrogen (secondary N) is 1. The fraction of sp³-hybridized carbons (Fsp3) is 0.300. The molecule has 0 aromatic heterocycles. The van der Waals surface area contributed by atoms with Crippen molar-refractivity contribution in [2.24, 2.45) is 0 Å². The van der Waals surface area contributed by atoms with Gasteiger partial charge in [0.25, 0.3) is 5.91 Å². The molecule has 0 saturated carbocycles. The van der Waals surface area contributed by atoms with Crippen LogP contribution in [-0.2, 0) is 25.8 Å². The summed E-state index contributed by atoms with van der Waals surface area (Å²) in [6.07, 6.45) is 0.743. The van der Waals surface area contributed by atoms with Crippen molar-refractivity contribution in [3.8, 4) is 0 Å². The van der Waals surface area contributed by atoms with E-state index in [0.29, 0.717) is 18.5 Å². The first-order valence-electron chi connectivity index (χ1n) is 8.52. The van der Waals surface area contributed by atoms with Crippen molar-refractivity contribution < 1.29 is 22.7 Å². The number of carbonyl (C=O) groups is 2. The van der Waals surface area contributed by atoms with Crippen LogP contribution in [0.2, 0.25) is 0 Å². The van der Waals surface area contributed by atoms with Gasteiger partial charge >= 0.3 is 5.97 Å². The molecule has 0 heterocycles. The number of hydrogen-bond acceptors (Lipinski definition) is 5. The summed E-state index contributed by atoms with van der Waals surface area (Å²) >= 11 is 0. The molecule has 27 heavy (non-hydrogen) atoms. The minimum Gasteiger partial charge on any atom is -0.449 e. The molecule has 0 bridgehead atoms. The van der Waals surface area contributed by atoms with E-state index in [1.165, 1.54) is 25.1 Å². The molecule has 2 aromatic carbocycles. The van der Waals surface area contributed by atoms with Gasteiger partial charge in [0.2, 0.25) is 0 Å². The first-order chi connectivity index (χ1) is 12.7. The van der Waals surface area contributed by atoms with Gasteiger partial charge in [-0.05, 0) is 43.5 Å². The van der Waals surface area contributed by atoms with E-state index in [1.54, 1.807) is 6.92 Å². The van der Waals surface area contributed by atoms with Gasteiger partial charge in [-0.2, -0.15) is 0 Å². The number of amides is 1. The van der Waals surface area contributed by atoms with Gasteiger partial charge in [0.15, 0.2) is 15.9 Å². The summed E-state index contributed by atoms with van der Waals surface area (Å²) in [5.74, 6) is -1.14. The third-order valence-electron chi connectivity index (χ3n) is 4.07. The van der Waals surface area contributed by atoms with Crippen molar-refractivity contribution in [3.05, 3.63) is 65.2 Å². The molecule has 1 atom stereocenters. The summed E-state index contributed by atoms with van der Waals surface area (Å²) in [5.41, 5.74) is 1.79. The molecule has 1 amide bonds. The van der Waals surface area contributed by atoms with Gasteiger partial charge in [-0.25, -0.2) is 13.2 Å². The van der Waals surface area contributed by atoms with Gasteiger partial charge in [-0.15, -0.1) is 0 Å². The van der Waals surface area contributed by atoms with Crippen molar-refractivity contribution in [2.75, 3.05) is 12.8 Å². The van der Waals surface area contributed by atoms with E-state index >= 15 is 0 Å². The lowest BCUT2D eigenvalue weighted by molar-refractivity contribution is -0.129. The Morgan fingerprint density at radius 1 is 1.11 bits per heavy atom. The Labute approximate surface area is 159 Å². The molecule has 0 aliphatic heterocycles. The number of esters is 1. The number of aryl methyl sites for hydroxylation is 1. The van der Waals surface area contributed by atoms with Gasteiger partial charge in [-0.1, -0.05) is 36.4 Å².